The zero-order valence-electron chi connectivity index (χ0n) is 16.1. The number of hydrogen-bond acceptors (Lipinski definition) is 2. The minimum absolute atomic E-state index is 0.227. The first-order chi connectivity index (χ1) is 11.1. The van der Waals surface area contributed by atoms with Gasteiger partial charge in [0.05, 0.1) is 12.0 Å². The van der Waals surface area contributed by atoms with Crippen molar-refractivity contribution in [3.05, 3.63) is 35.4 Å². The highest BCUT2D eigenvalue weighted by molar-refractivity contribution is 6.90. The van der Waals surface area contributed by atoms with Crippen LogP contribution in [0.3, 0.4) is 0 Å². The number of benzene rings is 1. The summed E-state index contributed by atoms with van der Waals surface area (Å²) in [5, 5.41) is 0. The maximum Gasteiger partial charge on any atom is 0.339 e. The van der Waals surface area contributed by atoms with Crippen LogP contribution in [0.1, 0.15) is 70.8 Å². The molecule has 0 spiro atoms. The average Bonchev–Trinajstić information content (AvgIpc) is 2.75. The molecule has 1 unspecified atom stereocenters. The van der Waals surface area contributed by atoms with Gasteiger partial charge in [0, 0.05) is 5.56 Å². The van der Waals surface area contributed by atoms with E-state index in [4.69, 9.17) is 4.74 Å². The standard InChI is InChI=1S/C21H30O2Si/c1-15(2)24(16(3)4,17(5)6)14-10-13-21(7)19-12-9-8-11-18(19)20(22)23-21/h8-9,11-12,15-17H,13H2,1-7H3. The van der Waals surface area contributed by atoms with Crippen LogP contribution in [0, 0.1) is 11.5 Å². The third-order valence-electron chi connectivity index (χ3n) is 5.63. The number of fused-ring (bicyclic) bond motifs is 1. The van der Waals surface area contributed by atoms with Crippen LogP contribution in [0.4, 0.5) is 0 Å². The maximum atomic E-state index is 12.1. The molecule has 130 valence electrons. The van der Waals surface area contributed by atoms with E-state index in [1.54, 1.807) is 0 Å². The number of cyclic esters (lactones) is 1. The summed E-state index contributed by atoms with van der Waals surface area (Å²) in [6, 6.07) is 7.67. The minimum Gasteiger partial charge on any atom is -0.450 e. The van der Waals surface area contributed by atoms with Crippen molar-refractivity contribution in [1.82, 2.24) is 0 Å². The predicted octanol–water partition coefficient (Wildman–Crippen LogP) is 5.68. The van der Waals surface area contributed by atoms with Gasteiger partial charge in [-0.2, -0.15) is 0 Å². The molecule has 0 amide bonds. The second kappa shape index (κ2) is 6.76. The van der Waals surface area contributed by atoms with Gasteiger partial charge in [0.25, 0.3) is 0 Å². The van der Waals surface area contributed by atoms with Crippen molar-refractivity contribution in [1.29, 1.82) is 0 Å². The Morgan fingerprint density at radius 3 is 2.12 bits per heavy atom. The number of carbonyl (C=O) groups excluding carboxylic acids is 1. The monoisotopic (exact) mass is 342 g/mol. The fourth-order valence-electron chi connectivity index (χ4n) is 4.37. The smallest absolute Gasteiger partial charge is 0.339 e. The van der Waals surface area contributed by atoms with E-state index in [9.17, 15) is 4.79 Å². The number of hydrogen-bond donors (Lipinski definition) is 0. The van der Waals surface area contributed by atoms with Crippen LogP contribution in [0.15, 0.2) is 24.3 Å². The fraction of sp³-hybridized carbons (Fsp3) is 0.571. The van der Waals surface area contributed by atoms with E-state index < -0.39 is 13.7 Å². The molecule has 2 nitrogen and oxygen atoms in total. The Hall–Kier alpha value is -1.53. The molecule has 1 heterocycles. The molecular weight excluding hydrogens is 312 g/mol. The van der Waals surface area contributed by atoms with Crippen molar-refractivity contribution in [2.45, 2.75) is 77.1 Å². The maximum absolute atomic E-state index is 12.1. The van der Waals surface area contributed by atoms with Gasteiger partial charge in [-0.15, -0.1) is 11.5 Å². The summed E-state index contributed by atoms with van der Waals surface area (Å²) in [5.74, 6) is 3.22. The van der Waals surface area contributed by atoms with Crippen LogP contribution in [0.5, 0.6) is 0 Å². The Labute approximate surface area is 148 Å². The van der Waals surface area contributed by atoms with E-state index in [-0.39, 0.29) is 5.97 Å². The van der Waals surface area contributed by atoms with Gasteiger partial charge in [0.15, 0.2) is 0 Å². The number of ether oxygens (including phenoxy) is 1. The second-order valence-corrected chi connectivity index (χ2v) is 13.6. The third-order valence-corrected chi connectivity index (χ3v) is 12.0. The molecule has 1 aliphatic rings. The summed E-state index contributed by atoms with van der Waals surface area (Å²) in [4.78, 5) is 12.1. The molecule has 1 aliphatic heterocycles. The first-order valence-electron chi connectivity index (χ1n) is 8.98. The fourth-order valence-corrected chi connectivity index (χ4v) is 9.63. The number of esters is 1. The Bertz CT molecular complexity index is 657. The van der Waals surface area contributed by atoms with Crippen molar-refractivity contribution >= 4 is 14.0 Å². The largest absolute Gasteiger partial charge is 0.450 e. The van der Waals surface area contributed by atoms with Gasteiger partial charge in [0.1, 0.15) is 13.7 Å². The highest BCUT2D eigenvalue weighted by atomic mass is 28.3. The predicted molar refractivity (Wildman–Crippen MR) is 103 cm³/mol. The molecule has 1 atom stereocenters. The van der Waals surface area contributed by atoms with E-state index in [1.165, 1.54) is 0 Å². The van der Waals surface area contributed by atoms with E-state index in [2.05, 4.69) is 53.0 Å². The molecule has 1 aromatic rings. The van der Waals surface area contributed by atoms with Crippen molar-refractivity contribution in [3.63, 3.8) is 0 Å². The van der Waals surface area contributed by atoms with Crippen LogP contribution in [-0.4, -0.2) is 14.0 Å². The van der Waals surface area contributed by atoms with E-state index in [1.807, 2.05) is 31.2 Å². The van der Waals surface area contributed by atoms with E-state index in [0.29, 0.717) is 28.6 Å². The summed E-state index contributed by atoms with van der Waals surface area (Å²) in [6.45, 7) is 15.9. The van der Waals surface area contributed by atoms with Crippen molar-refractivity contribution in [2.75, 3.05) is 0 Å². The molecule has 0 saturated carbocycles. The van der Waals surface area contributed by atoms with E-state index >= 15 is 0 Å². The molecule has 0 radical (unpaired) electrons. The third kappa shape index (κ3) is 3.05. The van der Waals surface area contributed by atoms with Gasteiger partial charge in [-0.1, -0.05) is 59.7 Å². The van der Waals surface area contributed by atoms with Crippen LogP contribution < -0.4 is 0 Å². The Morgan fingerprint density at radius 1 is 1.04 bits per heavy atom. The van der Waals surface area contributed by atoms with Gasteiger partial charge in [-0.3, -0.25) is 0 Å². The van der Waals surface area contributed by atoms with Crippen LogP contribution >= 0.6 is 0 Å². The van der Waals surface area contributed by atoms with Crippen LogP contribution in [0.25, 0.3) is 0 Å². The first kappa shape index (κ1) is 18.8. The molecule has 0 N–H and O–H groups in total. The summed E-state index contributed by atoms with van der Waals surface area (Å²) in [5.41, 5.74) is 6.58. The zero-order valence-corrected chi connectivity index (χ0v) is 17.1. The van der Waals surface area contributed by atoms with Gasteiger partial charge in [0.2, 0.25) is 0 Å². The minimum atomic E-state index is -1.74. The molecule has 0 fully saturated rings. The summed E-state index contributed by atoms with van der Waals surface area (Å²) in [7, 11) is -1.74. The SMILES string of the molecule is CC(C)[Si](C#CCC1(C)OC(=O)c2ccccc21)(C(C)C)C(C)C. The van der Waals surface area contributed by atoms with Gasteiger partial charge in [-0.05, 0) is 29.6 Å². The number of carbonyl (C=O) groups is 1. The van der Waals surface area contributed by atoms with Crippen LogP contribution in [0.2, 0.25) is 16.6 Å². The molecule has 1 aromatic carbocycles. The highest BCUT2D eigenvalue weighted by Gasteiger charge is 2.43. The number of rotatable bonds is 4. The lowest BCUT2D eigenvalue weighted by atomic mass is 9.91. The normalized spacial score (nSPS) is 20.2. The summed E-state index contributed by atoms with van der Waals surface area (Å²) < 4.78 is 5.69. The summed E-state index contributed by atoms with van der Waals surface area (Å²) >= 11 is 0. The lowest BCUT2D eigenvalue weighted by Gasteiger charge is -2.38. The Kier molecular flexibility index (Phi) is 5.30. The zero-order chi connectivity index (χ0) is 18.1. The van der Waals surface area contributed by atoms with Gasteiger partial charge < -0.3 is 4.74 Å². The van der Waals surface area contributed by atoms with E-state index in [0.717, 1.165) is 5.56 Å². The molecule has 0 aliphatic carbocycles. The molecule has 3 heteroatoms. The topological polar surface area (TPSA) is 26.3 Å². The Balaban J connectivity index is 2.34. The van der Waals surface area contributed by atoms with Gasteiger partial charge >= 0.3 is 5.97 Å². The molecular formula is C21H30O2Si. The van der Waals surface area contributed by atoms with Crippen LogP contribution in [-0.2, 0) is 10.3 Å². The quantitative estimate of drug-likeness (QED) is 0.399. The lowest BCUT2D eigenvalue weighted by Crippen LogP contribution is -2.43. The Morgan fingerprint density at radius 2 is 1.58 bits per heavy atom. The van der Waals surface area contributed by atoms with Crippen molar-refractivity contribution in [3.8, 4) is 11.5 Å². The van der Waals surface area contributed by atoms with Gasteiger partial charge in [-0.25, -0.2) is 4.79 Å². The second-order valence-electron chi connectivity index (χ2n) is 8.04. The molecule has 24 heavy (non-hydrogen) atoms. The molecule has 2 rings (SSSR count). The first-order valence-corrected chi connectivity index (χ1v) is 11.2. The summed E-state index contributed by atoms with van der Waals surface area (Å²) in [6.07, 6.45) is 0.566. The lowest BCUT2D eigenvalue weighted by molar-refractivity contribution is 0.00335. The molecule has 0 saturated heterocycles. The van der Waals surface area contributed by atoms with Crippen molar-refractivity contribution in [2.24, 2.45) is 0 Å². The average molecular weight is 343 g/mol. The van der Waals surface area contributed by atoms with Crippen molar-refractivity contribution < 1.29 is 9.53 Å². The molecule has 0 aromatic heterocycles. The highest BCUT2D eigenvalue weighted by Crippen LogP contribution is 2.42. The molecule has 0 bridgehead atoms.